The number of rotatable bonds is 5. The summed E-state index contributed by atoms with van der Waals surface area (Å²) in [4.78, 5) is 4.16. The first-order valence-corrected chi connectivity index (χ1v) is 10.0. The van der Waals surface area contributed by atoms with Crippen molar-refractivity contribution in [1.29, 1.82) is 0 Å². The van der Waals surface area contributed by atoms with Gasteiger partial charge in [0.25, 0.3) is 0 Å². The van der Waals surface area contributed by atoms with Gasteiger partial charge in [0.05, 0.1) is 24.7 Å². The second-order valence-electron chi connectivity index (χ2n) is 7.35. The number of oxazole rings is 1. The fraction of sp³-hybridized carbons (Fsp3) is 0.120. The summed E-state index contributed by atoms with van der Waals surface area (Å²) < 4.78 is 12.9. The Balaban J connectivity index is 1.49. The minimum atomic E-state index is 0.658. The molecular weight excluding hydrogens is 388 g/mol. The Labute approximate surface area is 180 Å². The molecule has 0 aliphatic heterocycles. The van der Waals surface area contributed by atoms with Gasteiger partial charge in [-0.15, -0.1) is 0 Å². The Morgan fingerprint density at radius 1 is 0.968 bits per heavy atom. The van der Waals surface area contributed by atoms with Crippen LogP contribution in [0.25, 0.3) is 27.9 Å². The molecule has 0 bridgehead atoms. The number of nitrogens with one attached hydrogen (secondary N) is 1. The number of nitrogens with zero attached hydrogens (tertiary/aromatic N) is 3. The van der Waals surface area contributed by atoms with Crippen LogP contribution in [0.3, 0.4) is 0 Å². The number of aryl methyl sites for hydroxylation is 2. The smallest absolute Gasteiger partial charge is 0.191 e. The lowest BCUT2D eigenvalue weighted by Gasteiger charge is -2.08. The van der Waals surface area contributed by atoms with Crippen LogP contribution in [-0.2, 0) is 0 Å². The zero-order valence-electron chi connectivity index (χ0n) is 17.6. The second-order valence-corrected chi connectivity index (χ2v) is 7.35. The van der Waals surface area contributed by atoms with E-state index in [0.29, 0.717) is 5.89 Å². The largest absolute Gasteiger partial charge is 0.497 e. The van der Waals surface area contributed by atoms with Gasteiger partial charge >= 0.3 is 0 Å². The lowest BCUT2D eigenvalue weighted by atomic mass is 10.1. The monoisotopic (exact) mass is 410 g/mol. The number of methoxy groups -OCH3 is 1. The van der Waals surface area contributed by atoms with Gasteiger partial charge in [0, 0.05) is 35.3 Å². The van der Waals surface area contributed by atoms with Crippen LogP contribution < -0.4 is 10.1 Å². The summed E-state index contributed by atoms with van der Waals surface area (Å²) >= 11 is 0. The van der Waals surface area contributed by atoms with Crippen LogP contribution in [0.15, 0.2) is 77.3 Å². The Bertz CT molecular complexity index is 1370. The van der Waals surface area contributed by atoms with E-state index in [1.54, 1.807) is 13.3 Å². The fourth-order valence-corrected chi connectivity index (χ4v) is 3.69. The van der Waals surface area contributed by atoms with Gasteiger partial charge < -0.3 is 14.5 Å². The first-order chi connectivity index (χ1) is 15.1. The average molecular weight is 410 g/mol. The van der Waals surface area contributed by atoms with Gasteiger partial charge in [0.15, 0.2) is 11.7 Å². The van der Waals surface area contributed by atoms with E-state index >= 15 is 0 Å². The number of hydrogen-bond donors (Lipinski definition) is 1. The lowest BCUT2D eigenvalue weighted by molar-refractivity contribution is 0.414. The molecule has 6 nitrogen and oxygen atoms in total. The highest BCUT2D eigenvalue weighted by Gasteiger charge is 2.13. The quantitative estimate of drug-likeness (QED) is 0.382. The third-order valence-corrected chi connectivity index (χ3v) is 5.31. The van der Waals surface area contributed by atoms with E-state index in [1.807, 2.05) is 72.3 Å². The summed E-state index contributed by atoms with van der Waals surface area (Å²) in [5.41, 5.74) is 5.86. The SMILES string of the molecule is COc1cccc(-n2nc3c(Nc4ccc(-c5cnc(C)o5)cc4)cccc3c2C)c1. The molecule has 31 heavy (non-hydrogen) atoms. The van der Waals surface area contributed by atoms with E-state index in [0.717, 1.165) is 50.7 Å². The highest BCUT2D eigenvalue weighted by Crippen LogP contribution is 2.31. The maximum absolute atomic E-state index is 5.61. The van der Waals surface area contributed by atoms with Gasteiger partial charge in [-0.05, 0) is 49.4 Å². The van der Waals surface area contributed by atoms with E-state index < -0.39 is 0 Å². The van der Waals surface area contributed by atoms with Crippen molar-refractivity contribution in [2.24, 2.45) is 0 Å². The molecule has 0 atom stereocenters. The number of benzene rings is 3. The molecule has 6 heteroatoms. The van der Waals surface area contributed by atoms with Gasteiger partial charge in [-0.25, -0.2) is 9.67 Å². The van der Waals surface area contributed by atoms with Gasteiger partial charge in [0.2, 0.25) is 0 Å². The molecule has 154 valence electrons. The lowest BCUT2D eigenvalue weighted by Crippen LogP contribution is -1.99. The molecule has 0 unspecified atom stereocenters. The van der Waals surface area contributed by atoms with Crippen molar-refractivity contribution in [2.45, 2.75) is 13.8 Å². The van der Waals surface area contributed by atoms with Crippen molar-refractivity contribution < 1.29 is 9.15 Å². The van der Waals surface area contributed by atoms with Crippen molar-refractivity contribution in [1.82, 2.24) is 14.8 Å². The Hall–Kier alpha value is -4.06. The molecule has 2 aromatic heterocycles. The van der Waals surface area contributed by atoms with E-state index in [2.05, 4.69) is 23.3 Å². The topological polar surface area (TPSA) is 65.1 Å². The molecule has 0 radical (unpaired) electrons. The Morgan fingerprint density at radius 2 is 1.77 bits per heavy atom. The molecular formula is C25H22N4O2. The summed E-state index contributed by atoms with van der Waals surface area (Å²) in [5.74, 6) is 2.22. The number of ether oxygens (including phenoxy) is 1. The molecule has 3 aromatic carbocycles. The van der Waals surface area contributed by atoms with Crippen LogP contribution in [0.1, 0.15) is 11.6 Å². The number of hydrogen-bond acceptors (Lipinski definition) is 5. The van der Waals surface area contributed by atoms with Crippen molar-refractivity contribution in [3.8, 4) is 22.8 Å². The summed E-state index contributed by atoms with van der Waals surface area (Å²) in [6.45, 7) is 3.92. The van der Waals surface area contributed by atoms with Crippen molar-refractivity contribution in [2.75, 3.05) is 12.4 Å². The van der Waals surface area contributed by atoms with Gasteiger partial charge in [0.1, 0.15) is 11.3 Å². The molecule has 5 aromatic rings. The fourth-order valence-electron chi connectivity index (χ4n) is 3.69. The zero-order chi connectivity index (χ0) is 21.4. The first-order valence-electron chi connectivity index (χ1n) is 10.0. The molecule has 0 amide bonds. The highest BCUT2D eigenvalue weighted by molar-refractivity contribution is 5.94. The average Bonchev–Trinajstić information content (AvgIpc) is 3.38. The summed E-state index contributed by atoms with van der Waals surface area (Å²) in [6.07, 6.45) is 1.74. The van der Waals surface area contributed by atoms with Crippen LogP contribution in [0, 0.1) is 13.8 Å². The molecule has 0 fully saturated rings. The Kier molecular flexibility index (Phi) is 4.67. The van der Waals surface area contributed by atoms with E-state index in [-0.39, 0.29) is 0 Å². The number of fused-ring (bicyclic) bond motifs is 1. The molecule has 0 saturated heterocycles. The van der Waals surface area contributed by atoms with Crippen LogP contribution in [0.2, 0.25) is 0 Å². The summed E-state index contributed by atoms with van der Waals surface area (Å²) in [6, 6.07) is 22.2. The maximum Gasteiger partial charge on any atom is 0.191 e. The van der Waals surface area contributed by atoms with Gasteiger partial charge in [-0.2, -0.15) is 5.10 Å². The van der Waals surface area contributed by atoms with Crippen molar-refractivity contribution in [3.05, 3.63) is 84.5 Å². The van der Waals surface area contributed by atoms with Gasteiger partial charge in [-0.3, -0.25) is 0 Å². The Morgan fingerprint density at radius 3 is 2.52 bits per heavy atom. The second kappa shape index (κ2) is 7.65. The minimum Gasteiger partial charge on any atom is -0.497 e. The molecule has 0 aliphatic carbocycles. The number of aromatic nitrogens is 3. The van der Waals surface area contributed by atoms with Crippen LogP contribution in [0.4, 0.5) is 11.4 Å². The standard InChI is InChI=1S/C25H22N4O2/c1-16-22-8-5-9-23(25(22)28-29(16)20-6-4-7-21(14-20)30-3)27-19-12-10-18(11-13-19)24-15-26-17(2)31-24/h4-15,27H,1-3H3. The van der Waals surface area contributed by atoms with Crippen LogP contribution >= 0.6 is 0 Å². The van der Waals surface area contributed by atoms with Crippen LogP contribution in [-0.4, -0.2) is 21.9 Å². The normalized spacial score (nSPS) is 11.1. The molecule has 0 aliphatic rings. The summed E-state index contributed by atoms with van der Waals surface area (Å²) in [5, 5.41) is 9.49. The number of anilines is 2. The van der Waals surface area contributed by atoms with Crippen molar-refractivity contribution >= 4 is 22.3 Å². The predicted octanol–water partition coefficient (Wildman–Crippen LogP) is 6.05. The maximum atomic E-state index is 5.61. The molecule has 5 rings (SSSR count). The predicted molar refractivity (Wildman–Crippen MR) is 122 cm³/mol. The van der Waals surface area contributed by atoms with Crippen LogP contribution in [0.5, 0.6) is 5.75 Å². The third-order valence-electron chi connectivity index (χ3n) is 5.31. The first kappa shape index (κ1) is 18.9. The van der Waals surface area contributed by atoms with E-state index in [1.165, 1.54) is 0 Å². The molecule has 0 saturated carbocycles. The minimum absolute atomic E-state index is 0.658. The van der Waals surface area contributed by atoms with Gasteiger partial charge in [-0.1, -0.05) is 18.2 Å². The summed E-state index contributed by atoms with van der Waals surface area (Å²) in [7, 11) is 1.67. The molecule has 0 spiro atoms. The van der Waals surface area contributed by atoms with E-state index in [4.69, 9.17) is 14.3 Å². The van der Waals surface area contributed by atoms with E-state index in [9.17, 15) is 0 Å². The third kappa shape index (κ3) is 3.53. The molecule has 1 N–H and O–H groups in total. The highest BCUT2D eigenvalue weighted by atomic mass is 16.5. The van der Waals surface area contributed by atoms with Crippen molar-refractivity contribution in [3.63, 3.8) is 0 Å². The zero-order valence-corrected chi connectivity index (χ0v) is 17.6. The molecule has 2 heterocycles.